The summed E-state index contributed by atoms with van der Waals surface area (Å²) in [6.45, 7) is 0. The molecule has 5 heteroatoms. The lowest BCUT2D eigenvalue weighted by atomic mass is 10.9. The third-order valence-corrected chi connectivity index (χ3v) is 0.238. The molecular weight excluding hydrogens is 100 g/mol. The van der Waals surface area contributed by atoms with E-state index in [0.29, 0.717) is 6.20 Å². The summed E-state index contributed by atoms with van der Waals surface area (Å²) in [6, 6.07) is 0. The van der Waals surface area contributed by atoms with Gasteiger partial charge >= 0.3 is 0 Å². The van der Waals surface area contributed by atoms with Crippen LogP contribution in [-0.2, 0) is 0 Å². The van der Waals surface area contributed by atoms with E-state index in [1.807, 2.05) is 0 Å². The minimum atomic E-state index is -0.838. The molecule has 40 valence electrons. The van der Waals surface area contributed by atoms with E-state index in [2.05, 4.69) is 5.73 Å². The first-order valence-electron chi connectivity index (χ1n) is 1.42. The van der Waals surface area contributed by atoms with Gasteiger partial charge in [0.15, 0.2) is 0 Å². The van der Waals surface area contributed by atoms with E-state index in [9.17, 15) is 10.1 Å². The number of nitro groups is 1. The van der Waals surface area contributed by atoms with E-state index in [0.717, 1.165) is 0 Å². The Kier molecular flexibility index (Phi) is 1.65. The molecule has 0 fully saturated rings. The van der Waals surface area contributed by atoms with Gasteiger partial charge < -0.3 is 10.8 Å². The molecule has 0 aromatic rings. The molecule has 0 rings (SSSR count). The van der Waals surface area contributed by atoms with Crippen LogP contribution < -0.4 is 5.73 Å². The Morgan fingerprint density at radius 3 is 2.43 bits per heavy atom. The van der Waals surface area contributed by atoms with Crippen molar-refractivity contribution in [2.75, 3.05) is 0 Å². The van der Waals surface area contributed by atoms with Crippen LogP contribution in [0.4, 0.5) is 0 Å². The van der Waals surface area contributed by atoms with E-state index in [1.165, 1.54) is 0 Å². The summed E-state index contributed by atoms with van der Waals surface area (Å²) in [5, 5.41) is 17.2. The topological polar surface area (TPSA) is 89.4 Å². The second-order valence-corrected chi connectivity index (χ2v) is 0.839. The largest absolute Gasteiger partial charge is 0.491 e. The van der Waals surface area contributed by atoms with E-state index < -0.39 is 10.8 Å². The molecule has 0 aromatic heterocycles. The number of hydrogen-bond acceptors (Lipinski definition) is 4. The molecule has 0 aliphatic heterocycles. The lowest BCUT2D eigenvalue weighted by Crippen LogP contribution is -1.98. The molecule has 0 aliphatic rings. The lowest BCUT2D eigenvalue weighted by Gasteiger charge is -1.78. The van der Waals surface area contributed by atoms with Gasteiger partial charge in [-0.15, -0.1) is 0 Å². The Morgan fingerprint density at radius 1 is 2.00 bits per heavy atom. The fraction of sp³-hybridized carbons (Fsp3) is 0. The van der Waals surface area contributed by atoms with Gasteiger partial charge in [0.1, 0.15) is 0 Å². The first-order valence-corrected chi connectivity index (χ1v) is 1.42. The molecule has 5 nitrogen and oxygen atoms in total. The standard InChI is InChI=1S/C2H4N2O3/c3-2(5)1-4(6)7/h1,5H,3H2/b2-1-. The smallest absolute Gasteiger partial charge is 0.293 e. The molecule has 0 saturated carbocycles. The van der Waals surface area contributed by atoms with Crippen LogP contribution in [0.15, 0.2) is 12.1 Å². The monoisotopic (exact) mass is 104 g/mol. The van der Waals surface area contributed by atoms with Gasteiger partial charge in [0.05, 0.1) is 4.92 Å². The van der Waals surface area contributed by atoms with Crippen molar-refractivity contribution in [2.24, 2.45) is 5.73 Å². The maximum atomic E-state index is 9.30. The lowest BCUT2D eigenvalue weighted by molar-refractivity contribution is -0.405. The second-order valence-electron chi connectivity index (χ2n) is 0.839. The van der Waals surface area contributed by atoms with Crippen molar-refractivity contribution in [3.8, 4) is 0 Å². The average molecular weight is 104 g/mol. The highest BCUT2D eigenvalue weighted by Gasteiger charge is 1.87. The van der Waals surface area contributed by atoms with Crippen molar-refractivity contribution in [2.45, 2.75) is 0 Å². The SMILES string of the molecule is N/C(O)=C/[N+](=O)[O-]. The Bertz CT molecular complexity index is 104. The summed E-state index contributed by atoms with van der Waals surface area (Å²) in [5.74, 6) is -0.787. The van der Waals surface area contributed by atoms with Gasteiger partial charge in [-0.1, -0.05) is 0 Å². The molecule has 0 atom stereocenters. The molecule has 0 aromatic carbocycles. The fourth-order valence-electron chi connectivity index (χ4n) is 0.108. The zero-order valence-electron chi connectivity index (χ0n) is 3.37. The molecule has 0 heterocycles. The van der Waals surface area contributed by atoms with E-state index in [4.69, 9.17) is 5.11 Å². The fourth-order valence-corrected chi connectivity index (χ4v) is 0.108. The molecule has 3 N–H and O–H groups in total. The molecule has 0 unspecified atom stereocenters. The highest BCUT2D eigenvalue weighted by atomic mass is 16.6. The van der Waals surface area contributed by atoms with Gasteiger partial charge in [0, 0.05) is 0 Å². The summed E-state index contributed by atoms with van der Waals surface area (Å²) < 4.78 is 0. The summed E-state index contributed by atoms with van der Waals surface area (Å²) in [6.07, 6.45) is 0.306. The van der Waals surface area contributed by atoms with Crippen LogP contribution in [0.2, 0.25) is 0 Å². The van der Waals surface area contributed by atoms with E-state index in [-0.39, 0.29) is 0 Å². The molecule has 0 radical (unpaired) electrons. The van der Waals surface area contributed by atoms with Crippen LogP contribution in [0.3, 0.4) is 0 Å². The zero-order valence-corrected chi connectivity index (χ0v) is 3.37. The molecule has 0 saturated heterocycles. The van der Waals surface area contributed by atoms with Gasteiger partial charge in [-0.2, -0.15) is 0 Å². The third-order valence-electron chi connectivity index (χ3n) is 0.238. The van der Waals surface area contributed by atoms with Crippen LogP contribution in [0.25, 0.3) is 0 Å². The van der Waals surface area contributed by atoms with Crippen LogP contribution >= 0.6 is 0 Å². The number of aliphatic hydroxyl groups is 1. The van der Waals surface area contributed by atoms with Crippen molar-refractivity contribution in [1.29, 1.82) is 0 Å². The van der Waals surface area contributed by atoms with Crippen molar-refractivity contribution in [1.82, 2.24) is 0 Å². The van der Waals surface area contributed by atoms with Crippen molar-refractivity contribution in [3.05, 3.63) is 22.2 Å². The molecule has 0 aliphatic carbocycles. The van der Waals surface area contributed by atoms with Gasteiger partial charge in [0.2, 0.25) is 0 Å². The summed E-state index contributed by atoms with van der Waals surface area (Å²) in [5.41, 5.74) is 4.47. The predicted molar refractivity (Wildman–Crippen MR) is 21.9 cm³/mol. The number of nitrogens with two attached hydrogens (primary N) is 1. The van der Waals surface area contributed by atoms with Gasteiger partial charge in [-0.05, 0) is 0 Å². The van der Waals surface area contributed by atoms with Crippen LogP contribution in [0.5, 0.6) is 0 Å². The van der Waals surface area contributed by atoms with E-state index >= 15 is 0 Å². The maximum absolute atomic E-state index is 9.30. The summed E-state index contributed by atoms with van der Waals surface area (Å²) in [7, 11) is 0. The van der Waals surface area contributed by atoms with Crippen molar-refractivity contribution >= 4 is 0 Å². The molecular formula is C2H4N2O3. The normalized spacial score (nSPS) is 11.1. The van der Waals surface area contributed by atoms with E-state index in [1.54, 1.807) is 0 Å². The highest BCUT2D eigenvalue weighted by Crippen LogP contribution is 1.72. The predicted octanol–water partition coefficient (Wildman–Crippen LogP) is -0.421. The van der Waals surface area contributed by atoms with Crippen LogP contribution in [0.1, 0.15) is 0 Å². The third kappa shape index (κ3) is 4.74. The quantitative estimate of drug-likeness (QED) is 0.268. The number of rotatable bonds is 1. The van der Waals surface area contributed by atoms with Crippen molar-refractivity contribution in [3.63, 3.8) is 0 Å². The number of hydrogen-bond donors (Lipinski definition) is 2. The number of nitrogens with zero attached hydrogens (tertiary/aromatic N) is 1. The van der Waals surface area contributed by atoms with Crippen LogP contribution in [0, 0.1) is 10.1 Å². The molecule has 0 bridgehead atoms. The highest BCUT2D eigenvalue weighted by molar-refractivity contribution is 4.73. The first kappa shape index (κ1) is 5.74. The van der Waals surface area contributed by atoms with Crippen molar-refractivity contribution < 1.29 is 10.0 Å². The minimum absolute atomic E-state index is 0.306. The number of aliphatic hydroxyl groups excluding tert-OH is 1. The molecule has 7 heavy (non-hydrogen) atoms. The van der Waals surface area contributed by atoms with Crippen LogP contribution in [-0.4, -0.2) is 10.0 Å². The van der Waals surface area contributed by atoms with Gasteiger partial charge in [-0.3, -0.25) is 10.1 Å². The van der Waals surface area contributed by atoms with Gasteiger partial charge in [-0.25, -0.2) is 0 Å². The first-order chi connectivity index (χ1) is 3.13. The molecule has 0 spiro atoms. The second kappa shape index (κ2) is 2.01. The minimum Gasteiger partial charge on any atom is -0.491 e. The maximum Gasteiger partial charge on any atom is 0.293 e. The molecule has 0 amide bonds. The Hall–Kier alpha value is -1.26. The Balaban J connectivity index is 3.68. The average Bonchev–Trinajstić information content (AvgIpc) is 1.27. The Morgan fingerprint density at radius 2 is 2.43 bits per heavy atom. The Labute approximate surface area is 39.2 Å². The summed E-state index contributed by atoms with van der Waals surface area (Å²) >= 11 is 0. The summed E-state index contributed by atoms with van der Waals surface area (Å²) in [4.78, 5) is 8.46. The zero-order chi connectivity index (χ0) is 5.86. The van der Waals surface area contributed by atoms with Gasteiger partial charge in [0.25, 0.3) is 12.1 Å².